The summed E-state index contributed by atoms with van der Waals surface area (Å²) in [5.74, 6) is 0.854. The Morgan fingerprint density at radius 3 is 2.56 bits per heavy atom. The third-order valence-corrected chi connectivity index (χ3v) is 2.56. The van der Waals surface area contributed by atoms with Crippen LogP contribution < -0.4 is 5.73 Å². The number of nitrogens with two attached hydrogens (primary N) is 1. The van der Waals surface area contributed by atoms with E-state index in [4.69, 9.17) is 5.73 Å². The van der Waals surface area contributed by atoms with Crippen molar-refractivity contribution in [2.24, 2.45) is 5.73 Å². The molecule has 0 unspecified atom stereocenters. The molecule has 0 saturated carbocycles. The maximum absolute atomic E-state index is 5.53. The predicted octanol–water partition coefficient (Wildman–Crippen LogP) is 2.92. The molecular weight excluding hydrogens is 198 g/mol. The second-order valence-corrected chi connectivity index (χ2v) is 3.54. The second-order valence-electron chi connectivity index (χ2n) is 3.54. The van der Waals surface area contributed by atoms with Crippen LogP contribution in [0.1, 0.15) is 37.7 Å². The summed E-state index contributed by atoms with van der Waals surface area (Å²) >= 11 is 0. The Bertz CT molecular complexity index is 457. The Hall–Kier alpha value is -1.35. The second kappa shape index (κ2) is 5.66. The molecule has 88 valence electrons. The molecule has 1 aromatic carbocycles. The zero-order chi connectivity index (χ0) is 12.1. The van der Waals surface area contributed by atoms with Gasteiger partial charge in [0.05, 0.1) is 17.6 Å². The van der Waals surface area contributed by atoms with Crippen LogP contribution in [-0.2, 0) is 13.0 Å². The van der Waals surface area contributed by atoms with Gasteiger partial charge in [0.2, 0.25) is 0 Å². The van der Waals surface area contributed by atoms with Gasteiger partial charge in [-0.05, 0) is 36.6 Å². The average Bonchev–Trinajstić information content (AvgIpc) is 2.72. The summed E-state index contributed by atoms with van der Waals surface area (Å²) in [6.45, 7) is 8.75. The first-order valence-electron chi connectivity index (χ1n) is 5.92. The number of aromatic nitrogens is 2. The molecule has 0 aliphatic heterocycles. The Labute approximate surface area is 97.1 Å². The minimum Gasteiger partial charge on any atom is -0.341 e. The zero-order valence-electron chi connectivity index (χ0n) is 10.6. The molecule has 1 aromatic heterocycles. The van der Waals surface area contributed by atoms with Crippen LogP contribution in [0.15, 0.2) is 12.1 Å². The molecule has 0 bridgehead atoms. The van der Waals surface area contributed by atoms with E-state index in [1.54, 1.807) is 0 Å². The third kappa shape index (κ3) is 2.42. The van der Waals surface area contributed by atoms with E-state index in [1.807, 2.05) is 13.8 Å². The quantitative estimate of drug-likeness (QED) is 0.816. The lowest BCUT2D eigenvalue weighted by Gasteiger charge is -2.01. The molecule has 2 rings (SSSR count). The minimum absolute atomic E-state index is 0.467. The smallest absolute Gasteiger partial charge is 0.121 e. The molecule has 0 amide bonds. The van der Waals surface area contributed by atoms with Crippen LogP contribution in [0.25, 0.3) is 11.0 Å². The molecular formula is C13H21N3. The number of nitrogens with zero attached hydrogens (tertiary/aromatic N) is 1. The monoisotopic (exact) mass is 219 g/mol. The van der Waals surface area contributed by atoms with Crippen molar-refractivity contribution in [3.05, 3.63) is 29.1 Å². The highest BCUT2D eigenvalue weighted by atomic mass is 14.9. The van der Waals surface area contributed by atoms with Crippen molar-refractivity contribution in [2.45, 2.75) is 40.7 Å². The SMILES string of the molecule is CC.CCc1cc2nc(CN)[nH]c2cc1C. The Kier molecular flexibility index (Phi) is 4.50. The lowest BCUT2D eigenvalue weighted by Crippen LogP contribution is -1.97. The van der Waals surface area contributed by atoms with Crippen molar-refractivity contribution in [3.63, 3.8) is 0 Å². The summed E-state index contributed by atoms with van der Waals surface area (Å²) in [7, 11) is 0. The van der Waals surface area contributed by atoms with Crippen molar-refractivity contribution < 1.29 is 0 Å². The van der Waals surface area contributed by atoms with E-state index in [0.29, 0.717) is 6.54 Å². The van der Waals surface area contributed by atoms with Crippen LogP contribution in [-0.4, -0.2) is 9.97 Å². The number of aromatic amines is 1. The van der Waals surface area contributed by atoms with Crippen molar-refractivity contribution in [1.29, 1.82) is 0 Å². The van der Waals surface area contributed by atoms with Gasteiger partial charge in [0.1, 0.15) is 5.82 Å². The Morgan fingerprint density at radius 1 is 1.31 bits per heavy atom. The number of fused-ring (bicyclic) bond motifs is 1. The normalized spacial score (nSPS) is 10.1. The third-order valence-electron chi connectivity index (χ3n) is 2.56. The van der Waals surface area contributed by atoms with Crippen molar-refractivity contribution >= 4 is 11.0 Å². The van der Waals surface area contributed by atoms with Crippen LogP contribution in [0.2, 0.25) is 0 Å². The van der Waals surface area contributed by atoms with Crippen molar-refractivity contribution in [1.82, 2.24) is 9.97 Å². The number of hydrogen-bond donors (Lipinski definition) is 2. The van der Waals surface area contributed by atoms with Gasteiger partial charge >= 0.3 is 0 Å². The molecule has 16 heavy (non-hydrogen) atoms. The van der Waals surface area contributed by atoms with E-state index in [2.05, 4.69) is 35.9 Å². The molecule has 0 spiro atoms. The molecule has 3 N–H and O–H groups in total. The van der Waals surface area contributed by atoms with Gasteiger partial charge < -0.3 is 10.7 Å². The number of benzene rings is 1. The lowest BCUT2D eigenvalue weighted by atomic mass is 10.1. The van der Waals surface area contributed by atoms with Gasteiger partial charge in [-0.1, -0.05) is 20.8 Å². The lowest BCUT2D eigenvalue weighted by molar-refractivity contribution is 0.958. The first kappa shape index (κ1) is 12.7. The molecule has 0 aliphatic carbocycles. The predicted molar refractivity (Wildman–Crippen MR) is 69.4 cm³/mol. The van der Waals surface area contributed by atoms with E-state index in [0.717, 1.165) is 23.3 Å². The van der Waals surface area contributed by atoms with Gasteiger partial charge in [0, 0.05) is 0 Å². The summed E-state index contributed by atoms with van der Waals surface area (Å²) in [4.78, 5) is 7.60. The fourth-order valence-corrected chi connectivity index (χ4v) is 1.74. The zero-order valence-corrected chi connectivity index (χ0v) is 10.6. The molecule has 0 aliphatic rings. The van der Waals surface area contributed by atoms with E-state index >= 15 is 0 Å². The molecule has 0 fully saturated rings. The number of aryl methyl sites for hydroxylation is 2. The number of H-pyrrole nitrogens is 1. The number of imidazole rings is 1. The molecule has 3 heteroatoms. The summed E-state index contributed by atoms with van der Waals surface area (Å²) in [6, 6.07) is 4.28. The average molecular weight is 219 g/mol. The number of nitrogens with one attached hydrogen (secondary N) is 1. The first-order chi connectivity index (χ1) is 7.74. The van der Waals surface area contributed by atoms with E-state index in [1.165, 1.54) is 11.1 Å². The highest BCUT2D eigenvalue weighted by Crippen LogP contribution is 2.18. The maximum Gasteiger partial charge on any atom is 0.121 e. The summed E-state index contributed by atoms with van der Waals surface area (Å²) < 4.78 is 0. The van der Waals surface area contributed by atoms with Crippen LogP contribution in [0.3, 0.4) is 0 Å². The molecule has 0 radical (unpaired) electrons. The molecule has 2 aromatic rings. The Morgan fingerprint density at radius 2 is 2.00 bits per heavy atom. The highest BCUT2D eigenvalue weighted by molar-refractivity contribution is 5.77. The number of rotatable bonds is 2. The Balaban J connectivity index is 0.000000606. The molecule has 0 atom stereocenters. The van der Waals surface area contributed by atoms with E-state index in [9.17, 15) is 0 Å². The molecule has 3 nitrogen and oxygen atoms in total. The van der Waals surface area contributed by atoms with Gasteiger partial charge in [-0.2, -0.15) is 0 Å². The van der Waals surface area contributed by atoms with Crippen LogP contribution in [0.5, 0.6) is 0 Å². The van der Waals surface area contributed by atoms with Gasteiger partial charge in [-0.25, -0.2) is 4.98 Å². The topological polar surface area (TPSA) is 54.7 Å². The highest BCUT2D eigenvalue weighted by Gasteiger charge is 2.04. The van der Waals surface area contributed by atoms with Crippen LogP contribution in [0, 0.1) is 6.92 Å². The maximum atomic E-state index is 5.53. The van der Waals surface area contributed by atoms with Crippen molar-refractivity contribution in [2.75, 3.05) is 0 Å². The fraction of sp³-hybridized carbons (Fsp3) is 0.462. The number of hydrogen-bond acceptors (Lipinski definition) is 2. The summed E-state index contributed by atoms with van der Waals surface area (Å²) in [5.41, 5.74) is 10.3. The summed E-state index contributed by atoms with van der Waals surface area (Å²) in [5, 5.41) is 0. The van der Waals surface area contributed by atoms with Gasteiger partial charge in [0.15, 0.2) is 0 Å². The molecule has 1 heterocycles. The standard InChI is InChI=1S/C11H15N3.C2H6/c1-3-8-5-10-9(4-7(8)2)13-11(6-12)14-10;1-2/h4-5H,3,6,12H2,1-2H3,(H,13,14);1-2H3. The molecule has 0 saturated heterocycles. The van der Waals surface area contributed by atoms with Gasteiger partial charge in [-0.3, -0.25) is 0 Å². The minimum atomic E-state index is 0.467. The van der Waals surface area contributed by atoms with E-state index in [-0.39, 0.29) is 0 Å². The largest absolute Gasteiger partial charge is 0.341 e. The van der Waals surface area contributed by atoms with Gasteiger partial charge in [0.25, 0.3) is 0 Å². The van der Waals surface area contributed by atoms with Crippen molar-refractivity contribution in [3.8, 4) is 0 Å². The van der Waals surface area contributed by atoms with E-state index < -0.39 is 0 Å². The summed E-state index contributed by atoms with van der Waals surface area (Å²) in [6.07, 6.45) is 1.05. The van der Waals surface area contributed by atoms with Crippen LogP contribution >= 0.6 is 0 Å². The first-order valence-corrected chi connectivity index (χ1v) is 5.92. The fourth-order valence-electron chi connectivity index (χ4n) is 1.74. The van der Waals surface area contributed by atoms with Gasteiger partial charge in [-0.15, -0.1) is 0 Å². The van der Waals surface area contributed by atoms with Crippen LogP contribution in [0.4, 0.5) is 0 Å².